The van der Waals surface area contributed by atoms with Crippen molar-refractivity contribution in [3.05, 3.63) is 37.5 Å². The minimum absolute atomic E-state index is 0.0170. The number of alkyl halides is 1. The van der Waals surface area contributed by atoms with Crippen LogP contribution in [0.15, 0.2) is 37.5 Å². The Balaban J connectivity index is 1.18. The summed E-state index contributed by atoms with van der Waals surface area (Å²) in [5.41, 5.74) is -0.711. The third-order valence-corrected chi connectivity index (χ3v) is 13.4. The molecule has 4 aliphatic carbocycles. The summed E-state index contributed by atoms with van der Waals surface area (Å²) in [6.45, 7) is 15.9. The van der Waals surface area contributed by atoms with Crippen LogP contribution in [0.1, 0.15) is 104 Å². The van der Waals surface area contributed by atoms with Gasteiger partial charge in [0.1, 0.15) is 4.32 Å². The van der Waals surface area contributed by atoms with E-state index in [0.717, 1.165) is 36.8 Å². The van der Waals surface area contributed by atoms with Crippen LogP contribution < -0.4 is 5.32 Å². The molecule has 1 saturated heterocycles. The number of likely N-dealkylation sites (tertiary alicyclic amines) is 1. The third-order valence-electron chi connectivity index (χ3n) is 12.8. The van der Waals surface area contributed by atoms with Crippen LogP contribution in [0.4, 0.5) is 0 Å². The summed E-state index contributed by atoms with van der Waals surface area (Å²) in [5, 5.41) is 3.26. The Labute approximate surface area is 282 Å². The van der Waals surface area contributed by atoms with Crippen LogP contribution in [0.25, 0.3) is 0 Å². The molecule has 252 valence electrons. The summed E-state index contributed by atoms with van der Waals surface area (Å²) in [4.78, 5) is 28.6. The van der Waals surface area contributed by atoms with E-state index in [9.17, 15) is 9.59 Å². The lowest BCUT2D eigenvalue weighted by Crippen LogP contribution is -2.44. The SMILES string of the molecule is C=CC1CC(/C=C\C2CC(C=C)C(CN3C4CCCCC4C4CCCCC43)C2)C(CNC(=O)C(C)(C)CC(C)(Br)C(=O)OC)C1. The molecule has 5 nitrogen and oxygen atoms in total. The standard InChI is InChI=1S/C39H61BrN2O3/c1-7-26-19-29(30(20-26)23-41-36(43)38(3,4)25-39(5,40)37(44)45-6)18-17-27-21-28(8-2)31(22-27)24-42-34-15-11-9-13-32(34)33-14-10-12-16-35(33)42/h7-8,17-18,26-35H,1-2,9-16,19-25H2,3-6H3,(H,41,43)/b18-17-. The van der Waals surface area contributed by atoms with E-state index in [0.29, 0.717) is 48.5 Å². The first-order valence-electron chi connectivity index (χ1n) is 18.2. The van der Waals surface area contributed by atoms with Gasteiger partial charge in [-0.05, 0) is 112 Å². The van der Waals surface area contributed by atoms with Crippen molar-refractivity contribution in [2.75, 3.05) is 20.2 Å². The summed E-state index contributed by atoms with van der Waals surface area (Å²) >= 11 is 3.49. The Hall–Kier alpha value is -1.40. The Morgan fingerprint density at radius 1 is 0.844 bits per heavy atom. The number of nitrogens with one attached hydrogen (secondary N) is 1. The van der Waals surface area contributed by atoms with Crippen molar-refractivity contribution in [1.82, 2.24) is 10.2 Å². The molecule has 45 heavy (non-hydrogen) atoms. The molecule has 0 aromatic heterocycles. The first kappa shape index (κ1) is 34.9. The number of ether oxygens (including phenoxy) is 1. The van der Waals surface area contributed by atoms with E-state index in [-0.39, 0.29) is 11.9 Å². The monoisotopic (exact) mass is 684 g/mol. The number of amides is 1. The predicted molar refractivity (Wildman–Crippen MR) is 188 cm³/mol. The minimum atomic E-state index is -0.900. The van der Waals surface area contributed by atoms with Crippen molar-refractivity contribution in [3.8, 4) is 0 Å². The van der Waals surface area contributed by atoms with Crippen LogP contribution in [0.2, 0.25) is 0 Å². The number of allylic oxidation sites excluding steroid dienone is 4. The first-order chi connectivity index (χ1) is 21.5. The smallest absolute Gasteiger partial charge is 0.322 e. The number of nitrogens with zero attached hydrogens (tertiary/aromatic N) is 1. The molecule has 1 aliphatic heterocycles. The molecular formula is C39H61BrN2O3. The Morgan fingerprint density at radius 2 is 1.44 bits per heavy atom. The van der Waals surface area contributed by atoms with Gasteiger partial charge >= 0.3 is 5.97 Å². The number of carbonyl (C=O) groups excluding carboxylic acids is 2. The van der Waals surface area contributed by atoms with Crippen LogP contribution in [0.5, 0.6) is 0 Å². The number of methoxy groups -OCH3 is 1. The van der Waals surface area contributed by atoms with E-state index >= 15 is 0 Å². The first-order valence-corrected chi connectivity index (χ1v) is 19.0. The van der Waals surface area contributed by atoms with E-state index in [1.807, 2.05) is 13.8 Å². The fourth-order valence-electron chi connectivity index (χ4n) is 10.6. The van der Waals surface area contributed by atoms with Gasteiger partial charge in [-0.15, -0.1) is 13.2 Å². The maximum absolute atomic E-state index is 13.3. The molecule has 11 unspecified atom stereocenters. The van der Waals surface area contributed by atoms with E-state index in [2.05, 4.69) is 63.6 Å². The highest BCUT2D eigenvalue weighted by Gasteiger charge is 2.50. The average molecular weight is 686 g/mol. The van der Waals surface area contributed by atoms with Gasteiger partial charge in [0.05, 0.1) is 7.11 Å². The molecule has 11 atom stereocenters. The zero-order valence-electron chi connectivity index (χ0n) is 28.7. The van der Waals surface area contributed by atoms with E-state index in [4.69, 9.17) is 4.74 Å². The maximum Gasteiger partial charge on any atom is 0.322 e. The number of fused-ring (bicyclic) bond motifs is 3. The second-order valence-corrected chi connectivity index (χ2v) is 18.1. The van der Waals surface area contributed by atoms with Crippen molar-refractivity contribution >= 4 is 27.8 Å². The molecule has 5 fully saturated rings. The molecule has 1 heterocycles. The molecule has 0 aromatic carbocycles. The molecule has 0 aromatic rings. The van der Waals surface area contributed by atoms with Crippen LogP contribution >= 0.6 is 15.9 Å². The van der Waals surface area contributed by atoms with E-state index < -0.39 is 9.74 Å². The highest BCUT2D eigenvalue weighted by Crippen LogP contribution is 2.51. The summed E-state index contributed by atoms with van der Waals surface area (Å²) in [6, 6.07) is 1.68. The molecule has 1 amide bonds. The highest BCUT2D eigenvalue weighted by molar-refractivity contribution is 9.10. The minimum Gasteiger partial charge on any atom is -0.468 e. The average Bonchev–Trinajstić information content (AvgIpc) is 3.71. The second-order valence-electron chi connectivity index (χ2n) is 16.4. The zero-order valence-corrected chi connectivity index (χ0v) is 30.2. The van der Waals surface area contributed by atoms with Crippen molar-refractivity contribution in [1.29, 1.82) is 0 Å². The third kappa shape index (κ3) is 7.85. The molecule has 6 heteroatoms. The molecule has 5 aliphatic rings. The number of esters is 1. The van der Waals surface area contributed by atoms with Crippen LogP contribution in [-0.4, -0.2) is 53.4 Å². The van der Waals surface area contributed by atoms with E-state index in [1.54, 1.807) is 6.92 Å². The normalized spacial score (nSPS) is 38.3. The Bertz CT molecular complexity index is 1080. The summed E-state index contributed by atoms with van der Waals surface area (Å²) in [6.07, 6.45) is 26.0. The fourth-order valence-corrected chi connectivity index (χ4v) is 11.4. The lowest BCUT2D eigenvalue weighted by atomic mass is 9.73. The molecule has 5 rings (SSSR count). The number of hydrogen-bond acceptors (Lipinski definition) is 4. The van der Waals surface area contributed by atoms with Gasteiger partial charge in [-0.2, -0.15) is 0 Å². The number of rotatable bonds is 12. The maximum atomic E-state index is 13.3. The molecular weight excluding hydrogens is 624 g/mol. The van der Waals surface area contributed by atoms with Gasteiger partial charge in [-0.1, -0.05) is 79.8 Å². The largest absolute Gasteiger partial charge is 0.468 e. The van der Waals surface area contributed by atoms with Gasteiger partial charge in [0, 0.05) is 30.6 Å². The van der Waals surface area contributed by atoms with Gasteiger partial charge in [-0.25, -0.2) is 0 Å². The Morgan fingerprint density at radius 3 is 2.04 bits per heavy atom. The van der Waals surface area contributed by atoms with Crippen LogP contribution in [0, 0.1) is 52.8 Å². The number of carbonyl (C=O) groups is 2. The van der Waals surface area contributed by atoms with Gasteiger partial charge in [0.15, 0.2) is 0 Å². The van der Waals surface area contributed by atoms with Crippen LogP contribution in [-0.2, 0) is 14.3 Å². The molecule has 4 saturated carbocycles. The van der Waals surface area contributed by atoms with Gasteiger partial charge < -0.3 is 10.1 Å². The van der Waals surface area contributed by atoms with E-state index in [1.165, 1.54) is 77.9 Å². The summed E-state index contributed by atoms with van der Waals surface area (Å²) in [5.74, 6) is 4.80. The topological polar surface area (TPSA) is 58.6 Å². The van der Waals surface area contributed by atoms with Crippen molar-refractivity contribution < 1.29 is 14.3 Å². The molecule has 0 spiro atoms. The van der Waals surface area contributed by atoms with Crippen LogP contribution in [0.3, 0.4) is 0 Å². The van der Waals surface area contributed by atoms with Crippen molar-refractivity contribution in [3.63, 3.8) is 0 Å². The highest BCUT2D eigenvalue weighted by atomic mass is 79.9. The Kier molecular flexibility index (Phi) is 11.5. The summed E-state index contributed by atoms with van der Waals surface area (Å²) < 4.78 is 4.04. The van der Waals surface area contributed by atoms with Gasteiger partial charge in [0.2, 0.25) is 5.91 Å². The van der Waals surface area contributed by atoms with Crippen molar-refractivity contribution in [2.24, 2.45) is 52.8 Å². The number of hydrogen-bond donors (Lipinski definition) is 1. The quantitative estimate of drug-likeness (QED) is 0.127. The second kappa shape index (κ2) is 14.8. The zero-order chi connectivity index (χ0) is 32.4. The van der Waals surface area contributed by atoms with Crippen molar-refractivity contribution in [2.45, 2.75) is 121 Å². The molecule has 0 bridgehead atoms. The predicted octanol–water partition coefficient (Wildman–Crippen LogP) is 8.49. The molecule has 1 N–H and O–H groups in total. The molecule has 0 radical (unpaired) electrons. The number of halogens is 1. The lowest BCUT2D eigenvalue weighted by molar-refractivity contribution is -0.144. The van der Waals surface area contributed by atoms with Gasteiger partial charge in [-0.3, -0.25) is 14.5 Å². The van der Waals surface area contributed by atoms with Gasteiger partial charge in [0.25, 0.3) is 0 Å². The summed E-state index contributed by atoms with van der Waals surface area (Å²) in [7, 11) is 1.38. The lowest BCUT2D eigenvalue weighted by Gasteiger charge is -2.37. The fraction of sp³-hybridized carbons (Fsp3) is 0.795.